The van der Waals surface area contributed by atoms with Gasteiger partial charge < -0.3 is 5.73 Å². The van der Waals surface area contributed by atoms with Gasteiger partial charge in [-0.15, -0.1) is 0 Å². The highest BCUT2D eigenvalue weighted by Crippen LogP contribution is 3.02. The van der Waals surface area contributed by atoms with Crippen molar-refractivity contribution in [3.8, 4) is 0 Å². The quantitative estimate of drug-likeness (QED) is 0.799. The van der Waals surface area contributed by atoms with Crippen molar-refractivity contribution in [2.45, 2.75) is 4.90 Å². The summed E-state index contributed by atoms with van der Waals surface area (Å²) in [5, 5.41) is 0. The fraction of sp³-hybridized carbons (Fsp3) is 0. The molecule has 1 rings (SSSR count). The van der Waals surface area contributed by atoms with Gasteiger partial charge in [0.2, 0.25) is 5.91 Å². The van der Waals surface area contributed by atoms with Gasteiger partial charge in [-0.3, -0.25) is 4.79 Å². The normalized spacial score (nSPS) is 16.6. The highest BCUT2D eigenvalue weighted by atomic mass is 32.5. The van der Waals surface area contributed by atoms with Crippen molar-refractivity contribution in [3.63, 3.8) is 0 Å². The Morgan fingerprint density at radius 3 is 1.87 bits per heavy atom. The minimum atomic E-state index is -9.85. The third-order valence-corrected chi connectivity index (χ3v) is 2.76. The van der Waals surface area contributed by atoms with Gasteiger partial charge >= 0.3 is 10.2 Å². The lowest BCUT2D eigenvalue weighted by Crippen LogP contribution is -2.18. The molecule has 0 aromatic heterocycles. The molecule has 0 atom stereocenters. The summed E-state index contributed by atoms with van der Waals surface area (Å²) in [6.07, 6.45) is 0. The van der Waals surface area contributed by atoms with E-state index in [9.17, 15) is 24.2 Å². The van der Waals surface area contributed by atoms with Crippen molar-refractivity contribution in [2.75, 3.05) is 0 Å². The zero-order chi connectivity index (χ0) is 12.0. The van der Waals surface area contributed by atoms with Crippen molar-refractivity contribution in [2.24, 2.45) is 5.73 Å². The number of benzene rings is 1. The summed E-state index contributed by atoms with van der Waals surface area (Å²) >= 11 is 0. The Balaban J connectivity index is 3.61. The van der Waals surface area contributed by atoms with Gasteiger partial charge in [0.25, 0.3) is 0 Å². The van der Waals surface area contributed by atoms with Crippen LogP contribution in [0, 0.1) is 0 Å². The van der Waals surface area contributed by atoms with Gasteiger partial charge in [-0.2, -0.15) is 0 Å². The van der Waals surface area contributed by atoms with E-state index in [1.807, 2.05) is 0 Å². The Morgan fingerprint density at radius 1 is 1.07 bits per heavy atom. The summed E-state index contributed by atoms with van der Waals surface area (Å²) in [6, 6.07) is 2.53. The van der Waals surface area contributed by atoms with Crippen LogP contribution in [0.25, 0.3) is 0 Å². The molecule has 0 radical (unpaired) electrons. The zero-order valence-electron chi connectivity index (χ0n) is 7.09. The fourth-order valence-electron chi connectivity index (χ4n) is 1.01. The van der Waals surface area contributed by atoms with E-state index in [0.29, 0.717) is 6.07 Å². The average Bonchev–Trinajstić information content (AvgIpc) is 2.00. The van der Waals surface area contributed by atoms with Crippen LogP contribution in [0.15, 0.2) is 29.2 Å². The largest absolute Gasteiger partial charge is 0.366 e. The molecule has 0 aliphatic heterocycles. The number of nitrogens with two attached hydrogens (primary N) is 1. The summed E-state index contributed by atoms with van der Waals surface area (Å²) in [7, 11) is -9.85. The molecule has 1 aromatic carbocycles. The maximum Gasteiger partial charge on any atom is 0.311 e. The topological polar surface area (TPSA) is 43.1 Å². The average molecular weight is 247 g/mol. The van der Waals surface area contributed by atoms with Crippen LogP contribution in [0.3, 0.4) is 0 Å². The third-order valence-electron chi connectivity index (χ3n) is 1.57. The molecule has 8 heteroatoms. The van der Waals surface area contributed by atoms with Crippen LogP contribution in [0.4, 0.5) is 19.4 Å². The Kier molecular flexibility index (Phi) is 1.91. The smallest absolute Gasteiger partial charge is 0.311 e. The van der Waals surface area contributed by atoms with E-state index in [-0.39, 0.29) is 6.07 Å². The SMILES string of the molecule is NC(=O)c1ccccc1S(F)(F)(F)(F)F. The van der Waals surface area contributed by atoms with Crippen LogP contribution in [-0.4, -0.2) is 5.91 Å². The number of halogens is 5. The van der Waals surface area contributed by atoms with Crippen molar-refractivity contribution < 1.29 is 24.2 Å². The molecule has 0 saturated carbocycles. The number of carbonyl (C=O) groups excluding carboxylic acids is 1. The first-order valence-electron chi connectivity index (χ1n) is 3.55. The molecule has 2 nitrogen and oxygen atoms in total. The van der Waals surface area contributed by atoms with Crippen LogP contribution in [0.1, 0.15) is 10.4 Å². The molecule has 0 unspecified atom stereocenters. The minimum absolute atomic E-state index is 0.141. The number of primary amides is 1. The van der Waals surface area contributed by atoms with Gasteiger partial charge in [-0.25, -0.2) is 0 Å². The highest BCUT2D eigenvalue weighted by Gasteiger charge is 2.66. The first-order valence-corrected chi connectivity index (χ1v) is 5.50. The Morgan fingerprint density at radius 2 is 1.53 bits per heavy atom. The zero-order valence-corrected chi connectivity index (χ0v) is 7.91. The summed E-state index contributed by atoms with van der Waals surface area (Å²) in [4.78, 5) is 8.32. The van der Waals surface area contributed by atoms with Crippen LogP contribution >= 0.6 is 10.2 Å². The van der Waals surface area contributed by atoms with Gasteiger partial charge in [-0.05, 0) is 12.1 Å². The summed E-state index contributed by atoms with van der Waals surface area (Å²) < 4.78 is 61.8. The molecule has 0 aliphatic rings. The van der Waals surface area contributed by atoms with Crippen LogP contribution in [0.5, 0.6) is 0 Å². The molecule has 0 fully saturated rings. The first kappa shape index (κ1) is 11.8. The standard InChI is InChI=1S/C7H6F5NOS/c8-15(9,10,11,12)6-4-2-1-3-5(6)7(13)14/h1-4H,(H2,13,14). The molecule has 15 heavy (non-hydrogen) atoms. The maximum atomic E-state index is 12.4. The number of carbonyl (C=O) groups is 1. The minimum Gasteiger partial charge on any atom is -0.366 e. The fourth-order valence-corrected chi connectivity index (χ4v) is 1.93. The molecule has 0 aliphatic carbocycles. The van der Waals surface area contributed by atoms with Crippen LogP contribution in [-0.2, 0) is 0 Å². The summed E-state index contributed by atoms with van der Waals surface area (Å²) in [5.41, 5.74) is 3.35. The predicted molar refractivity (Wildman–Crippen MR) is 46.4 cm³/mol. The van der Waals surface area contributed by atoms with E-state index in [2.05, 4.69) is 5.73 Å². The number of hydrogen-bond donors (Lipinski definition) is 1. The predicted octanol–water partition coefficient (Wildman–Crippen LogP) is 3.44. The van der Waals surface area contributed by atoms with Gasteiger partial charge in [0.15, 0.2) is 0 Å². The lowest BCUT2D eigenvalue weighted by atomic mass is 10.2. The maximum absolute atomic E-state index is 12.4. The van der Waals surface area contributed by atoms with Crippen LogP contribution < -0.4 is 5.73 Å². The van der Waals surface area contributed by atoms with Crippen molar-refractivity contribution in [3.05, 3.63) is 29.8 Å². The van der Waals surface area contributed by atoms with E-state index >= 15 is 0 Å². The van der Waals surface area contributed by atoms with E-state index < -0.39 is 26.6 Å². The second-order valence-electron chi connectivity index (χ2n) is 2.83. The number of amides is 1. The molecule has 1 amide bonds. The Bertz CT molecular complexity index is 426. The summed E-state index contributed by atoms with van der Waals surface area (Å²) in [6.45, 7) is 0. The molecule has 0 bridgehead atoms. The Labute approximate surface area is 81.6 Å². The third kappa shape index (κ3) is 2.58. The molecule has 0 saturated heterocycles. The molecular formula is C7H6F5NOS. The highest BCUT2D eigenvalue weighted by molar-refractivity contribution is 8.45. The second-order valence-corrected chi connectivity index (χ2v) is 5.21. The van der Waals surface area contributed by atoms with Crippen molar-refractivity contribution in [1.29, 1.82) is 0 Å². The van der Waals surface area contributed by atoms with Gasteiger partial charge in [0.05, 0.1) is 5.56 Å². The summed E-state index contributed by atoms with van der Waals surface area (Å²) in [5.74, 6) is -1.54. The molecule has 1 aromatic rings. The van der Waals surface area contributed by atoms with E-state index in [4.69, 9.17) is 0 Å². The lowest BCUT2D eigenvalue weighted by Gasteiger charge is -2.41. The first-order chi connectivity index (χ1) is 6.41. The lowest BCUT2D eigenvalue weighted by molar-refractivity contribution is 0.0995. The van der Waals surface area contributed by atoms with Gasteiger partial charge in [-0.1, -0.05) is 31.6 Å². The molecule has 2 N–H and O–H groups in total. The second kappa shape index (κ2) is 2.43. The molecular weight excluding hydrogens is 241 g/mol. The van der Waals surface area contributed by atoms with E-state index in [0.717, 1.165) is 12.1 Å². The monoisotopic (exact) mass is 247 g/mol. The van der Waals surface area contributed by atoms with Crippen molar-refractivity contribution in [1.82, 2.24) is 0 Å². The van der Waals surface area contributed by atoms with Crippen LogP contribution in [0.2, 0.25) is 0 Å². The van der Waals surface area contributed by atoms with Crippen molar-refractivity contribution >= 4 is 16.1 Å². The molecule has 0 heterocycles. The van der Waals surface area contributed by atoms with Gasteiger partial charge in [0, 0.05) is 0 Å². The molecule has 86 valence electrons. The van der Waals surface area contributed by atoms with Gasteiger partial charge in [0.1, 0.15) is 4.90 Å². The number of rotatable bonds is 2. The molecule has 0 spiro atoms. The van der Waals surface area contributed by atoms with E-state index in [1.165, 1.54) is 0 Å². The van der Waals surface area contributed by atoms with E-state index in [1.54, 1.807) is 0 Å². The number of hydrogen-bond acceptors (Lipinski definition) is 1. The Hall–Kier alpha value is -1.31.